The number of hydrogen-bond donors (Lipinski definition) is 2. The third-order valence-electron chi connectivity index (χ3n) is 2.58. The average Bonchev–Trinajstić information content (AvgIpc) is 2.38. The Morgan fingerprint density at radius 2 is 2.06 bits per heavy atom. The van der Waals surface area contributed by atoms with Crippen molar-refractivity contribution in [2.75, 3.05) is 18.9 Å². The fourth-order valence-corrected chi connectivity index (χ4v) is 2.19. The zero-order valence-electron chi connectivity index (χ0n) is 11.0. The number of rotatable bonds is 7. The molecule has 4 heteroatoms. The molecule has 1 atom stereocenters. The molecule has 0 spiro atoms. The van der Waals surface area contributed by atoms with Gasteiger partial charge in [0.05, 0.1) is 0 Å². The van der Waals surface area contributed by atoms with Crippen LogP contribution in [-0.2, 0) is 4.79 Å². The topological polar surface area (TPSA) is 49.3 Å². The Kier molecular flexibility index (Phi) is 6.83. The van der Waals surface area contributed by atoms with Crippen LogP contribution in [0.4, 0.5) is 0 Å². The third kappa shape index (κ3) is 6.07. The zero-order chi connectivity index (χ0) is 13.4. The van der Waals surface area contributed by atoms with Crippen molar-refractivity contribution >= 4 is 17.7 Å². The van der Waals surface area contributed by atoms with Crippen molar-refractivity contribution in [3.05, 3.63) is 29.8 Å². The van der Waals surface area contributed by atoms with Crippen molar-refractivity contribution in [1.82, 2.24) is 5.32 Å². The summed E-state index contributed by atoms with van der Waals surface area (Å²) in [6.45, 7) is 4.62. The molecule has 2 N–H and O–H groups in total. The van der Waals surface area contributed by atoms with E-state index >= 15 is 0 Å². The monoisotopic (exact) mass is 267 g/mol. The summed E-state index contributed by atoms with van der Waals surface area (Å²) in [5, 5.41) is 11.7. The molecule has 1 amide bonds. The van der Waals surface area contributed by atoms with E-state index in [-0.39, 0.29) is 18.4 Å². The lowest BCUT2D eigenvalue weighted by atomic mass is 10.2. The fourth-order valence-electron chi connectivity index (χ4n) is 1.34. The standard InChI is InChI=1S/C14H21NO2S/c1-11-3-5-13(6-4-11)18-8-7-14(17)15-9-12(2)10-16/h3-6,12,16H,7-10H2,1-2H3,(H,15,17). The second-order valence-electron chi connectivity index (χ2n) is 4.50. The molecule has 1 unspecified atom stereocenters. The Morgan fingerprint density at radius 3 is 2.67 bits per heavy atom. The Bertz CT molecular complexity index is 365. The number of thioether (sulfide) groups is 1. The zero-order valence-corrected chi connectivity index (χ0v) is 11.8. The normalized spacial score (nSPS) is 12.2. The van der Waals surface area contributed by atoms with Gasteiger partial charge in [0.15, 0.2) is 0 Å². The minimum Gasteiger partial charge on any atom is -0.396 e. The van der Waals surface area contributed by atoms with Crippen molar-refractivity contribution in [3.63, 3.8) is 0 Å². The lowest BCUT2D eigenvalue weighted by molar-refractivity contribution is -0.120. The van der Waals surface area contributed by atoms with E-state index in [2.05, 4.69) is 36.5 Å². The van der Waals surface area contributed by atoms with Crippen LogP contribution in [0.2, 0.25) is 0 Å². The maximum atomic E-state index is 11.5. The quantitative estimate of drug-likeness (QED) is 0.745. The first-order valence-electron chi connectivity index (χ1n) is 6.19. The largest absolute Gasteiger partial charge is 0.396 e. The maximum Gasteiger partial charge on any atom is 0.220 e. The third-order valence-corrected chi connectivity index (χ3v) is 3.59. The summed E-state index contributed by atoms with van der Waals surface area (Å²) < 4.78 is 0. The van der Waals surface area contributed by atoms with Gasteiger partial charge < -0.3 is 10.4 Å². The highest BCUT2D eigenvalue weighted by Gasteiger charge is 2.04. The van der Waals surface area contributed by atoms with Gasteiger partial charge in [-0.05, 0) is 25.0 Å². The number of aliphatic hydroxyl groups is 1. The van der Waals surface area contributed by atoms with E-state index < -0.39 is 0 Å². The van der Waals surface area contributed by atoms with Gasteiger partial charge in [-0.1, -0.05) is 24.6 Å². The molecule has 0 aromatic heterocycles. The van der Waals surface area contributed by atoms with Gasteiger partial charge in [-0.15, -0.1) is 11.8 Å². The van der Waals surface area contributed by atoms with Crippen molar-refractivity contribution in [1.29, 1.82) is 0 Å². The molecule has 0 saturated heterocycles. The van der Waals surface area contributed by atoms with Crippen molar-refractivity contribution in [2.24, 2.45) is 5.92 Å². The van der Waals surface area contributed by atoms with Crippen molar-refractivity contribution in [2.45, 2.75) is 25.2 Å². The second-order valence-corrected chi connectivity index (χ2v) is 5.67. The number of carbonyl (C=O) groups is 1. The number of amides is 1. The van der Waals surface area contributed by atoms with Crippen LogP contribution in [0.3, 0.4) is 0 Å². The first-order valence-corrected chi connectivity index (χ1v) is 7.17. The Labute approximate surface area is 113 Å². The molecule has 1 aromatic carbocycles. The summed E-state index contributed by atoms with van der Waals surface area (Å²) in [6.07, 6.45) is 0.511. The molecule has 0 radical (unpaired) electrons. The SMILES string of the molecule is Cc1ccc(SCCC(=O)NCC(C)CO)cc1. The molecule has 0 aliphatic heterocycles. The molecule has 18 heavy (non-hydrogen) atoms. The van der Waals surface area contributed by atoms with Crippen molar-refractivity contribution < 1.29 is 9.90 Å². The molecular weight excluding hydrogens is 246 g/mol. The molecule has 0 heterocycles. The van der Waals surface area contributed by atoms with E-state index in [0.717, 1.165) is 5.75 Å². The molecule has 1 aromatic rings. The number of hydrogen-bond acceptors (Lipinski definition) is 3. The van der Waals surface area contributed by atoms with Crippen LogP contribution in [0, 0.1) is 12.8 Å². The summed E-state index contributed by atoms with van der Waals surface area (Å²) in [5.41, 5.74) is 1.25. The van der Waals surface area contributed by atoms with Gasteiger partial charge in [-0.2, -0.15) is 0 Å². The van der Waals surface area contributed by atoms with Crippen LogP contribution in [0.5, 0.6) is 0 Å². The first-order chi connectivity index (χ1) is 8.61. The maximum absolute atomic E-state index is 11.5. The Morgan fingerprint density at radius 1 is 1.39 bits per heavy atom. The molecule has 0 fully saturated rings. The number of aliphatic hydroxyl groups excluding tert-OH is 1. The lowest BCUT2D eigenvalue weighted by Gasteiger charge is -2.09. The van der Waals surface area contributed by atoms with Gasteiger partial charge in [0, 0.05) is 30.2 Å². The molecule has 0 bridgehead atoms. The minimum atomic E-state index is 0.0508. The predicted molar refractivity (Wildman–Crippen MR) is 75.8 cm³/mol. The lowest BCUT2D eigenvalue weighted by Crippen LogP contribution is -2.29. The Hall–Kier alpha value is -1.00. The Balaban J connectivity index is 2.17. The van der Waals surface area contributed by atoms with E-state index in [1.165, 1.54) is 10.5 Å². The van der Waals surface area contributed by atoms with Gasteiger partial charge in [0.2, 0.25) is 5.91 Å². The van der Waals surface area contributed by atoms with E-state index in [1.807, 2.05) is 6.92 Å². The molecule has 1 rings (SSSR count). The average molecular weight is 267 g/mol. The van der Waals surface area contributed by atoms with Crippen molar-refractivity contribution in [3.8, 4) is 0 Å². The molecule has 0 aliphatic carbocycles. The highest BCUT2D eigenvalue weighted by Crippen LogP contribution is 2.18. The van der Waals surface area contributed by atoms with Crippen LogP contribution in [0.25, 0.3) is 0 Å². The van der Waals surface area contributed by atoms with Gasteiger partial charge in [-0.3, -0.25) is 4.79 Å². The fraction of sp³-hybridized carbons (Fsp3) is 0.500. The van der Waals surface area contributed by atoms with Gasteiger partial charge in [-0.25, -0.2) is 0 Å². The predicted octanol–water partition coefficient (Wildman–Crippen LogP) is 2.22. The number of carbonyl (C=O) groups excluding carboxylic acids is 1. The highest BCUT2D eigenvalue weighted by molar-refractivity contribution is 7.99. The molecule has 3 nitrogen and oxygen atoms in total. The summed E-state index contributed by atoms with van der Waals surface area (Å²) in [4.78, 5) is 12.7. The minimum absolute atomic E-state index is 0.0508. The van der Waals surface area contributed by atoms with Crippen LogP contribution >= 0.6 is 11.8 Å². The van der Waals surface area contributed by atoms with Crippen LogP contribution in [0.15, 0.2) is 29.2 Å². The smallest absolute Gasteiger partial charge is 0.220 e. The van der Waals surface area contributed by atoms with E-state index in [4.69, 9.17) is 5.11 Å². The van der Waals surface area contributed by atoms with Gasteiger partial charge in [0.1, 0.15) is 0 Å². The van der Waals surface area contributed by atoms with Crippen LogP contribution in [-0.4, -0.2) is 29.9 Å². The molecule has 100 valence electrons. The second kappa shape index (κ2) is 8.16. The number of benzene rings is 1. The summed E-state index contributed by atoms with van der Waals surface area (Å²) in [5.74, 6) is 0.955. The summed E-state index contributed by atoms with van der Waals surface area (Å²) >= 11 is 1.69. The van der Waals surface area contributed by atoms with E-state index in [0.29, 0.717) is 13.0 Å². The van der Waals surface area contributed by atoms with E-state index in [9.17, 15) is 4.79 Å². The van der Waals surface area contributed by atoms with Crippen LogP contribution in [0.1, 0.15) is 18.9 Å². The number of aryl methyl sites for hydroxylation is 1. The van der Waals surface area contributed by atoms with E-state index in [1.54, 1.807) is 11.8 Å². The van der Waals surface area contributed by atoms with Gasteiger partial charge in [0.25, 0.3) is 0 Å². The molecule has 0 aliphatic rings. The summed E-state index contributed by atoms with van der Waals surface area (Å²) in [6, 6.07) is 8.30. The molecular formula is C14H21NO2S. The molecule has 0 saturated carbocycles. The van der Waals surface area contributed by atoms with Gasteiger partial charge >= 0.3 is 0 Å². The van der Waals surface area contributed by atoms with Crippen LogP contribution < -0.4 is 5.32 Å². The first kappa shape index (κ1) is 15.1. The summed E-state index contributed by atoms with van der Waals surface area (Å²) in [7, 11) is 0. The number of nitrogens with one attached hydrogen (secondary N) is 1. The highest BCUT2D eigenvalue weighted by atomic mass is 32.2.